The number of benzene rings is 3. The van der Waals surface area contributed by atoms with Crippen LogP contribution in [0.1, 0.15) is 57.5 Å². The lowest BCUT2D eigenvalue weighted by Gasteiger charge is -2.28. The van der Waals surface area contributed by atoms with Crippen LogP contribution in [0.25, 0.3) is 11.2 Å². The van der Waals surface area contributed by atoms with Crippen LogP contribution in [0.15, 0.2) is 122 Å². The molecule has 3 N–H and O–H groups in total. The molecule has 4 atom stereocenters. The number of imidazole rings is 1. The number of nitrogens with two attached hydrogens (primary N) is 1. The van der Waals surface area contributed by atoms with E-state index < -0.39 is 42.0 Å². The van der Waals surface area contributed by atoms with Gasteiger partial charge in [-0.2, -0.15) is 0 Å². The Balaban J connectivity index is 1.00. The van der Waals surface area contributed by atoms with E-state index in [4.69, 9.17) is 29.4 Å². The van der Waals surface area contributed by atoms with E-state index >= 15 is 0 Å². The largest absolute Gasteiger partial charge is 0.440 e. The first kappa shape index (κ1) is 34.3. The minimum atomic E-state index is -1.42. The van der Waals surface area contributed by atoms with E-state index in [1.54, 1.807) is 47.6 Å². The fourth-order valence-electron chi connectivity index (χ4n) is 7.28. The first-order chi connectivity index (χ1) is 26.7. The maximum Gasteiger partial charge on any atom is 0.305 e. The second-order valence-electron chi connectivity index (χ2n) is 13.7. The van der Waals surface area contributed by atoms with Gasteiger partial charge in [0.2, 0.25) is 0 Å². The van der Waals surface area contributed by atoms with Gasteiger partial charge < -0.3 is 34.7 Å². The van der Waals surface area contributed by atoms with Crippen LogP contribution < -0.4 is 20.5 Å². The molecule has 14 heteroatoms. The summed E-state index contributed by atoms with van der Waals surface area (Å²) in [5.41, 5.74) is 9.22. The number of hydrogen-bond acceptors (Lipinski definition) is 12. The summed E-state index contributed by atoms with van der Waals surface area (Å²) in [7, 11) is 0. The Morgan fingerprint density at radius 3 is 2.31 bits per heavy atom. The number of fused-ring (bicyclic) bond motifs is 3. The maximum absolute atomic E-state index is 14.1. The van der Waals surface area contributed by atoms with Crippen LogP contribution in [0.4, 0.5) is 5.82 Å². The maximum atomic E-state index is 14.1. The highest BCUT2D eigenvalue weighted by Gasteiger charge is 2.55. The van der Waals surface area contributed by atoms with Crippen molar-refractivity contribution in [3.8, 4) is 11.5 Å². The summed E-state index contributed by atoms with van der Waals surface area (Å²) in [5, 5.41) is 2.95. The van der Waals surface area contributed by atoms with Gasteiger partial charge in [-0.1, -0.05) is 72.8 Å². The van der Waals surface area contributed by atoms with Crippen LogP contribution in [0.3, 0.4) is 0 Å². The van der Waals surface area contributed by atoms with Gasteiger partial charge in [-0.15, -0.1) is 0 Å². The normalized spacial score (nSPS) is 21.9. The highest BCUT2D eigenvalue weighted by atomic mass is 16.8. The zero-order valence-corrected chi connectivity index (χ0v) is 29.7. The highest BCUT2D eigenvalue weighted by molar-refractivity contribution is 6.11. The molecule has 0 unspecified atom stereocenters. The van der Waals surface area contributed by atoms with Gasteiger partial charge in [-0.25, -0.2) is 15.0 Å². The molecule has 0 radical (unpaired) electrons. The predicted molar refractivity (Wildman–Crippen MR) is 198 cm³/mol. The zero-order valence-electron chi connectivity index (χ0n) is 29.7. The number of nitrogens with one attached hydrogen (secondary N) is 1. The van der Waals surface area contributed by atoms with E-state index in [0.717, 1.165) is 0 Å². The summed E-state index contributed by atoms with van der Waals surface area (Å²) in [6, 6.07) is 25.3. The molecule has 0 saturated carbocycles. The van der Waals surface area contributed by atoms with Gasteiger partial charge >= 0.3 is 5.79 Å². The van der Waals surface area contributed by atoms with E-state index in [0.29, 0.717) is 27.9 Å². The minimum Gasteiger partial charge on any atom is -0.440 e. The number of carbonyl (C=O) groups is 2. The summed E-state index contributed by atoms with van der Waals surface area (Å²) in [6.07, 6.45) is 7.56. The number of carbonyl (C=O) groups excluding carboxylic acids is 2. The van der Waals surface area contributed by atoms with Crippen molar-refractivity contribution in [3.63, 3.8) is 0 Å². The lowest BCUT2D eigenvalue weighted by molar-refractivity contribution is -0.191. The number of aromatic nitrogens is 5. The molecule has 6 aromatic rings. The van der Waals surface area contributed by atoms with Gasteiger partial charge in [0, 0.05) is 41.2 Å². The molecule has 1 amide bonds. The Hall–Kier alpha value is -6.48. The number of hydrogen-bond donors (Lipinski definition) is 2. The molecule has 0 spiro atoms. The summed E-state index contributed by atoms with van der Waals surface area (Å²) in [6.45, 7) is 3.80. The highest BCUT2D eigenvalue weighted by Crippen LogP contribution is 2.50. The Kier molecular flexibility index (Phi) is 8.37. The molecule has 6 heterocycles. The SMILES string of the molecule is CC1(C)O[C@@H]2[C@H](O1)[C@@H](C=CCNC(=O)c1cc(C(=O)c3ccncc3)cc3c1OC(c1ccccc1)(c1ccccc1)O3)O[C@H]2n1cnc2c(N)ncnc21. The third-order valence-corrected chi connectivity index (χ3v) is 9.74. The first-order valence-corrected chi connectivity index (χ1v) is 17.7. The fraction of sp³-hybridized carbons (Fsp3) is 0.220. The molecule has 3 aromatic heterocycles. The topological polar surface area (TPSA) is 175 Å². The molecule has 0 aliphatic carbocycles. The van der Waals surface area contributed by atoms with Crippen molar-refractivity contribution in [2.24, 2.45) is 0 Å². The molecular weight excluding hydrogens is 702 g/mol. The first-order valence-electron chi connectivity index (χ1n) is 17.7. The molecule has 2 fully saturated rings. The number of amides is 1. The minimum absolute atomic E-state index is 0.115. The van der Waals surface area contributed by atoms with E-state index in [1.807, 2.05) is 80.6 Å². The standard InChI is InChI=1S/C41H35N7O7/c1-40(2)53-34-29(51-39(35(34)54-40)48-23-47-31-36(42)45-22-46-37(31)48)14-9-17-44-38(50)28-20-25(32(49)24-15-18-43-19-16-24)21-30-33(28)55-41(52-30,26-10-5-3-6-11-26)27-12-7-4-8-13-27/h3-16,18-23,29,34-35,39H,17H2,1-2H3,(H,44,50)(H2,42,45,46)/t29-,34-,35-,39-/m1/s1. The molecule has 9 rings (SSSR count). The molecule has 3 aliphatic heterocycles. The van der Waals surface area contributed by atoms with Gasteiger partial charge in [0.25, 0.3) is 5.91 Å². The molecule has 3 aliphatic rings. The fourth-order valence-corrected chi connectivity index (χ4v) is 7.28. The van der Waals surface area contributed by atoms with Crippen molar-refractivity contribution >= 4 is 28.7 Å². The molecular formula is C41H35N7O7. The van der Waals surface area contributed by atoms with E-state index in [-0.39, 0.29) is 40.8 Å². The molecule has 14 nitrogen and oxygen atoms in total. The van der Waals surface area contributed by atoms with Crippen molar-refractivity contribution in [1.82, 2.24) is 29.8 Å². The Labute approximate surface area is 314 Å². The summed E-state index contributed by atoms with van der Waals surface area (Å²) < 4.78 is 34.1. The number of ether oxygens (including phenoxy) is 5. The number of anilines is 1. The zero-order chi connectivity index (χ0) is 37.7. The van der Waals surface area contributed by atoms with Crippen molar-refractivity contribution in [2.45, 2.75) is 50.0 Å². The average Bonchev–Trinajstić information content (AvgIpc) is 3.98. The van der Waals surface area contributed by atoms with Crippen molar-refractivity contribution in [2.75, 3.05) is 12.3 Å². The molecule has 0 bridgehead atoms. The van der Waals surface area contributed by atoms with Crippen LogP contribution in [-0.2, 0) is 20.0 Å². The van der Waals surface area contributed by atoms with Crippen LogP contribution in [0.2, 0.25) is 0 Å². The molecule has 55 heavy (non-hydrogen) atoms. The number of pyridine rings is 1. The number of rotatable bonds is 9. The molecule has 2 saturated heterocycles. The summed E-state index contributed by atoms with van der Waals surface area (Å²) >= 11 is 0. The molecule has 3 aromatic carbocycles. The number of ketones is 1. The average molecular weight is 738 g/mol. The second kappa shape index (κ2) is 13.4. The van der Waals surface area contributed by atoms with E-state index in [2.05, 4.69) is 25.3 Å². The predicted octanol–water partition coefficient (Wildman–Crippen LogP) is 5.11. The van der Waals surface area contributed by atoms with Crippen molar-refractivity contribution < 1.29 is 33.3 Å². The lowest BCUT2D eigenvalue weighted by atomic mass is 9.97. The van der Waals surface area contributed by atoms with Crippen LogP contribution in [-0.4, -0.2) is 66.8 Å². The number of nitrogen functional groups attached to an aromatic ring is 1. The Bertz CT molecular complexity index is 2400. The monoisotopic (exact) mass is 737 g/mol. The lowest BCUT2D eigenvalue weighted by Crippen LogP contribution is -2.37. The van der Waals surface area contributed by atoms with Crippen molar-refractivity contribution in [3.05, 3.63) is 150 Å². The van der Waals surface area contributed by atoms with E-state index in [9.17, 15) is 9.59 Å². The van der Waals surface area contributed by atoms with Gasteiger partial charge in [-0.3, -0.25) is 19.1 Å². The van der Waals surface area contributed by atoms with Crippen LogP contribution in [0.5, 0.6) is 11.5 Å². The number of nitrogens with zero attached hydrogens (tertiary/aromatic N) is 5. The Morgan fingerprint density at radius 2 is 1.58 bits per heavy atom. The van der Waals surface area contributed by atoms with Gasteiger partial charge in [0.15, 0.2) is 40.8 Å². The Morgan fingerprint density at radius 1 is 0.873 bits per heavy atom. The van der Waals surface area contributed by atoms with Crippen LogP contribution in [0, 0.1) is 0 Å². The van der Waals surface area contributed by atoms with Crippen LogP contribution >= 0.6 is 0 Å². The second-order valence-corrected chi connectivity index (χ2v) is 13.7. The van der Waals surface area contributed by atoms with E-state index in [1.165, 1.54) is 12.4 Å². The third kappa shape index (κ3) is 6.06. The summed E-state index contributed by atoms with van der Waals surface area (Å²) in [5.74, 6) is -2.33. The van der Waals surface area contributed by atoms with Crippen molar-refractivity contribution in [1.29, 1.82) is 0 Å². The van der Waals surface area contributed by atoms with Gasteiger partial charge in [0.1, 0.15) is 30.2 Å². The van der Waals surface area contributed by atoms with Gasteiger partial charge in [-0.05, 0) is 38.1 Å². The summed E-state index contributed by atoms with van der Waals surface area (Å²) in [4.78, 5) is 44.7. The smallest absolute Gasteiger partial charge is 0.305 e. The third-order valence-electron chi connectivity index (χ3n) is 9.74. The van der Waals surface area contributed by atoms with Gasteiger partial charge in [0.05, 0.1) is 11.9 Å². The quantitative estimate of drug-likeness (QED) is 0.148. The molecule has 276 valence electrons.